The topological polar surface area (TPSA) is 61.4 Å². The van der Waals surface area contributed by atoms with Crippen molar-refractivity contribution in [1.29, 1.82) is 0 Å². The summed E-state index contributed by atoms with van der Waals surface area (Å²) in [6, 6.07) is 10.3. The third kappa shape index (κ3) is 5.64. The summed E-state index contributed by atoms with van der Waals surface area (Å²) in [5.74, 6) is 0.0389. The lowest BCUT2D eigenvalue weighted by atomic mass is 10.1. The molecule has 0 spiro atoms. The molecule has 5 nitrogen and oxygen atoms in total. The highest BCUT2D eigenvalue weighted by atomic mass is 16.2. The predicted octanol–water partition coefficient (Wildman–Crippen LogP) is 2.07. The van der Waals surface area contributed by atoms with Crippen molar-refractivity contribution in [1.82, 2.24) is 15.5 Å². The number of likely N-dealkylation sites (tertiary alicyclic amines) is 1. The van der Waals surface area contributed by atoms with Crippen LogP contribution in [-0.4, -0.2) is 41.9 Å². The largest absolute Gasteiger partial charge is 0.354 e. The summed E-state index contributed by atoms with van der Waals surface area (Å²) in [6.07, 6.45) is 3.17. The normalized spacial score (nSPS) is 19.0. The average Bonchev–Trinajstić information content (AvgIpc) is 3.03. The molecule has 0 bridgehead atoms. The van der Waals surface area contributed by atoms with Gasteiger partial charge in [-0.2, -0.15) is 0 Å². The molecule has 1 saturated heterocycles. The molecule has 2 rings (SSSR count). The summed E-state index contributed by atoms with van der Waals surface area (Å²) in [4.78, 5) is 26.4. The van der Waals surface area contributed by atoms with Crippen LogP contribution < -0.4 is 10.6 Å². The molecule has 0 saturated carbocycles. The maximum atomic E-state index is 12.4. The average molecular weight is 331 g/mol. The Morgan fingerprint density at radius 1 is 1.29 bits per heavy atom. The van der Waals surface area contributed by atoms with Crippen LogP contribution in [0, 0.1) is 0 Å². The van der Waals surface area contributed by atoms with Gasteiger partial charge in [-0.1, -0.05) is 37.3 Å². The van der Waals surface area contributed by atoms with Crippen molar-refractivity contribution in [2.24, 2.45) is 0 Å². The first-order valence-electron chi connectivity index (χ1n) is 8.95. The van der Waals surface area contributed by atoms with E-state index in [-0.39, 0.29) is 23.9 Å². The number of benzene rings is 1. The number of hydrogen-bond donors (Lipinski definition) is 2. The minimum atomic E-state index is -0.0807. The van der Waals surface area contributed by atoms with Crippen molar-refractivity contribution in [3.8, 4) is 0 Å². The van der Waals surface area contributed by atoms with Crippen molar-refractivity contribution in [3.63, 3.8) is 0 Å². The van der Waals surface area contributed by atoms with E-state index in [4.69, 9.17) is 0 Å². The monoisotopic (exact) mass is 331 g/mol. The summed E-state index contributed by atoms with van der Waals surface area (Å²) < 4.78 is 0. The van der Waals surface area contributed by atoms with Crippen LogP contribution in [0.1, 0.15) is 45.1 Å². The van der Waals surface area contributed by atoms with Gasteiger partial charge in [0.05, 0.1) is 6.04 Å². The molecule has 5 heteroatoms. The van der Waals surface area contributed by atoms with Crippen LogP contribution in [0.25, 0.3) is 0 Å². The van der Waals surface area contributed by atoms with E-state index in [0.29, 0.717) is 13.0 Å². The van der Waals surface area contributed by atoms with Gasteiger partial charge in [0.2, 0.25) is 11.8 Å². The van der Waals surface area contributed by atoms with Crippen LogP contribution in [-0.2, 0) is 16.1 Å². The zero-order chi connectivity index (χ0) is 17.4. The van der Waals surface area contributed by atoms with Crippen molar-refractivity contribution in [2.75, 3.05) is 13.1 Å². The molecule has 2 N–H and O–H groups in total. The molecule has 2 atom stereocenters. The van der Waals surface area contributed by atoms with Gasteiger partial charge in [-0.15, -0.1) is 0 Å². The number of nitrogens with zero attached hydrogens (tertiary/aromatic N) is 1. The fourth-order valence-electron chi connectivity index (χ4n) is 3.00. The molecule has 2 amide bonds. The molecule has 0 radical (unpaired) electrons. The minimum Gasteiger partial charge on any atom is -0.354 e. The van der Waals surface area contributed by atoms with Gasteiger partial charge < -0.3 is 10.6 Å². The second kappa shape index (κ2) is 9.42. The van der Waals surface area contributed by atoms with Crippen LogP contribution in [0.4, 0.5) is 0 Å². The Hall–Kier alpha value is -1.88. The molecule has 1 fully saturated rings. The van der Waals surface area contributed by atoms with Crippen LogP contribution in [0.2, 0.25) is 0 Å². The van der Waals surface area contributed by atoms with E-state index in [2.05, 4.69) is 27.7 Å². The van der Waals surface area contributed by atoms with E-state index in [1.165, 1.54) is 5.56 Å². The number of amides is 2. The molecular formula is C19H29N3O2. The van der Waals surface area contributed by atoms with Gasteiger partial charge in [-0.3, -0.25) is 14.5 Å². The second-order valence-electron chi connectivity index (χ2n) is 6.53. The summed E-state index contributed by atoms with van der Waals surface area (Å²) >= 11 is 0. The van der Waals surface area contributed by atoms with Gasteiger partial charge >= 0.3 is 0 Å². The number of rotatable bonds is 8. The van der Waals surface area contributed by atoms with Crippen LogP contribution in [0.15, 0.2) is 30.3 Å². The predicted molar refractivity (Wildman–Crippen MR) is 95.4 cm³/mol. The number of hydrogen-bond acceptors (Lipinski definition) is 3. The Morgan fingerprint density at radius 2 is 2.04 bits per heavy atom. The Bertz CT molecular complexity index is 533. The first-order valence-corrected chi connectivity index (χ1v) is 8.95. The third-order valence-electron chi connectivity index (χ3n) is 4.57. The highest BCUT2D eigenvalue weighted by Crippen LogP contribution is 2.20. The molecule has 0 aromatic heterocycles. The molecule has 0 aliphatic carbocycles. The standard InChI is InChI=1S/C19H29N3O2/c1-3-15(2)21-18(23)11-12-20-19(24)17-10-7-13-22(17)14-16-8-5-4-6-9-16/h4-6,8-9,15,17H,3,7,10-14H2,1-2H3,(H,20,24)(H,21,23)/t15-,17+/m0/s1. The lowest BCUT2D eigenvalue weighted by Gasteiger charge is -2.23. The third-order valence-corrected chi connectivity index (χ3v) is 4.57. The van der Waals surface area contributed by atoms with E-state index < -0.39 is 0 Å². The molecule has 0 unspecified atom stereocenters. The Labute approximate surface area is 144 Å². The molecule has 1 aliphatic heterocycles. The summed E-state index contributed by atoms with van der Waals surface area (Å²) in [5, 5.41) is 5.83. The van der Waals surface area contributed by atoms with E-state index in [1.807, 2.05) is 32.0 Å². The van der Waals surface area contributed by atoms with Crippen LogP contribution in [0.3, 0.4) is 0 Å². The van der Waals surface area contributed by atoms with Gasteiger partial charge in [0.15, 0.2) is 0 Å². The molecule has 1 aromatic carbocycles. The molecule has 1 aromatic rings. The Kier molecular flexibility index (Phi) is 7.25. The molecule has 24 heavy (non-hydrogen) atoms. The molecule has 132 valence electrons. The highest BCUT2D eigenvalue weighted by Gasteiger charge is 2.30. The maximum Gasteiger partial charge on any atom is 0.237 e. The lowest BCUT2D eigenvalue weighted by molar-refractivity contribution is -0.126. The van der Waals surface area contributed by atoms with E-state index >= 15 is 0 Å². The van der Waals surface area contributed by atoms with Gasteiger partial charge in [-0.05, 0) is 38.3 Å². The molecule has 1 heterocycles. The fourth-order valence-corrected chi connectivity index (χ4v) is 3.00. The summed E-state index contributed by atoms with van der Waals surface area (Å²) in [6.45, 7) is 6.16. The van der Waals surface area contributed by atoms with Crippen molar-refractivity contribution < 1.29 is 9.59 Å². The van der Waals surface area contributed by atoms with E-state index in [1.54, 1.807) is 0 Å². The lowest BCUT2D eigenvalue weighted by Crippen LogP contribution is -2.44. The smallest absolute Gasteiger partial charge is 0.237 e. The van der Waals surface area contributed by atoms with E-state index in [0.717, 1.165) is 32.4 Å². The minimum absolute atomic E-state index is 0.00258. The van der Waals surface area contributed by atoms with Crippen molar-refractivity contribution >= 4 is 11.8 Å². The zero-order valence-corrected chi connectivity index (χ0v) is 14.8. The number of carbonyl (C=O) groups is 2. The van der Waals surface area contributed by atoms with Gasteiger partial charge in [0, 0.05) is 25.6 Å². The molecule has 1 aliphatic rings. The van der Waals surface area contributed by atoms with Crippen molar-refractivity contribution in [2.45, 2.75) is 58.2 Å². The summed E-state index contributed by atoms with van der Waals surface area (Å²) in [7, 11) is 0. The van der Waals surface area contributed by atoms with Crippen LogP contribution in [0.5, 0.6) is 0 Å². The SMILES string of the molecule is CC[C@H](C)NC(=O)CCNC(=O)[C@H]1CCCN1Cc1ccccc1. The van der Waals surface area contributed by atoms with Crippen molar-refractivity contribution in [3.05, 3.63) is 35.9 Å². The number of nitrogens with one attached hydrogen (secondary N) is 2. The first-order chi connectivity index (χ1) is 11.6. The van der Waals surface area contributed by atoms with Crippen LogP contribution >= 0.6 is 0 Å². The number of carbonyl (C=O) groups excluding carboxylic acids is 2. The maximum absolute atomic E-state index is 12.4. The first kappa shape index (κ1) is 18.5. The van der Waals surface area contributed by atoms with Gasteiger partial charge in [0.1, 0.15) is 0 Å². The summed E-state index contributed by atoms with van der Waals surface area (Å²) in [5.41, 5.74) is 1.23. The van der Waals surface area contributed by atoms with Gasteiger partial charge in [0.25, 0.3) is 0 Å². The zero-order valence-electron chi connectivity index (χ0n) is 14.8. The highest BCUT2D eigenvalue weighted by molar-refractivity contribution is 5.83. The van der Waals surface area contributed by atoms with E-state index in [9.17, 15) is 9.59 Å². The fraction of sp³-hybridized carbons (Fsp3) is 0.579. The second-order valence-corrected chi connectivity index (χ2v) is 6.53. The molecular weight excluding hydrogens is 302 g/mol. The quantitative estimate of drug-likeness (QED) is 0.767. The Balaban J connectivity index is 1.75. The van der Waals surface area contributed by atoms with Gasteiger partial charge in [-0.25, -0.2) is 0 Å². The Morgan fingerprint density at radius 3 is 2.75 bits per heavy atom.